The van der Waals surface area contributed by atoms with Gasteiger partial charge in [0, 0.05) is 61.9 Å². The Hall–Kier alpha value is -2.19. The number of hydrogen-bond donors (Lipinski definition) is 0. The van der Waals surface area contributed by atoms with Gasteiger partial charge in [-0.1, -0.05) is 20.3 Å². The molecule has 8 nitrogen and oxygen atoms in total. The van der Waals surface area contributed by atoms with Crippen LogP contribution in [0.3, 0.4) is 0 Å². The van der Waals surface area contributed by atoms with Gasteiger partial charge in [-0.05, 0) is 37.3 Å². The minimum atomic E-state index is -0.370. The van der Waals surface area contributed by atoms with E-state index in [1.54, 1.807) is 12.1 Å². The summed E-state index contributed by atoms with van der Waals surface area (Å²) in [4.78, 5) is 28.1. The number of ether oxygens (including phenoxy) is 2. The van der Waals surface area contributed by atoms with Crippen LogP contribution >= 0.6 is 0 Å². The molecular weight excluding hydrogens is 422 g/mol. The number of carbonyl (C=O) groups excluding carboxylic acids is 1. The van der Waals surface area contributed by atoms with Crippen molar-refractivity contribution >= 4 is 17.3 Å². The molecule has 0 aromatic heterocycles. The zero-order valence-electron chi connectivity index (χ0n) is 19.4. The largest absolute Gasteiger partial charge is 0.462 e. The van der Waals surface area contributed by atoms with Gasteiger partial charge in [0.2, 0.25) is 0 Å². The molecule has 8 heteroatoms. The maximum Gasteiger partial charge on any atom is 0.311 e. The third-order valence-electron chi connectivity index (χ3n) is 9.45. The summed E-state index contributed by atoms with van der Waals surface area (Å²) < 4.78 is 12.5. The SMILES string of the molecule is C[C@@H]1CCC[C@]2(C)C[C@@H]3OC(=O)[C@H](CN4CCN(c5ccc([N+](=O)[O-])cc5)CC4)[C@@H]3[C@H]3O[C@]132. The number of nitrogens with zero attached hydrogens (tertiary/aromatic N) is 3. The Labute approximate surface area is 194 Å². The van der Waals surface area contributed by atoms with Gasteiger partial charge in [-0.15, -0.1) is 0 Å². The summed E-state index contributed by atoms with van der Waals surface area (Å²) in [6.45, 7) is 8.83. The Balaban J connectivity index is 1.11. The number of benzene rings is 1. The van der Waals surface area contributed by atoms with Crippen LogP contribution in [0.1, 0.15) is 39.5 Å². The Morgan fingerprint density at radius 1 is 1.18 bits per heavy atom. The van der Waals surface area contributed by atoms with Gasteiger partial charge in [0.05, 0.1) is 16.9 Å². The van der Waals surface area contributed by atoms with E-state index in [-0.39, 0.29) is 51.6 Å². The number of hydrogen-bond acceptors (Lipinski definition) is 7. The molecule has 0 unspecified atom stereocenters. The molecule has 7 atom stereocenters. The van der Waals surface area contributed by atoms with E-state index in [9.17, 15) is 14.9 Å². The molecule has 6 rings (SSSR count). The first kappa shape index (κ1) is 21.4. The predicted molar refractivity (Wildman–Crippen MR) is 122 cm³/mol. The van der Waals surface area contributed by atoms with Gasteiger partial charge in [0.1, 0.15) is 11.7 Å². The molecule has 3 aliphatic heterocycles. The van der Waals surface area contributed by atoms with Crippen LogP contribution in [0.2, 0.25) is 0 Å². The number of nitro groups is 1. The average Bonchev–Trinajstić information content (AvgIpc) is 3.49. The number of carbonyl (C=O) groups is 1. The van der Waals surface area contributed by atoms with Crippen LogP contribution in [0.15, 0.2) is 24.3 Å². The fourth-order valence-electron chi connectivity index (χ4n) is 7.69. The lowest BCUT2D eigenvalue weighted by molar-refractivity contribution is -0.384. The monoisotopic (exact) mass is 455 g/mol. The summed E-state index contributed by atoms with van der Waals surface area (Å²) >= 11 is 0. The molecule has 1 aromatic carbocycles. The molecule has 1 aromatic rings. The number of anilines is 1. The second-order valence-corrected chi connectivity index (χ2v) is 11.1. The van der Waals surface area contributed by atoms with Crippen LogP contribution in [0.5, 0.6) is 0 Å². The van der Waals surface area contributed by atoms with Gasteiger partial charge >= 0.3 is 5.97 Å². The Kier molecular flexibility index (Phi) is 4.79. The molecule has 5 aliphatic rings. The third kappa shape index (κ3) is 3.13. The van der Waals surface area contributed by atoms with E-state index in [0.29, 0.717) is 5.92 Å². The van der Waals surface area contributed by atoms with Gasteiger partial charge in [0.25, 0.3) is 5.69 Å². The molecule has 2 saturated carbocycles. The van der Waals surface area contributed by atoms with Crippen molar-refractivity contribution in [1.82, 2.24) is 4.90 Å². The minimum Gasteiger partial charge on any atom is -0.462 e. The second kappa shape index (κ2) is 7.40. The fraction of sp³-hybridized carbons (Fsp3) is 0.720. The summed E-state index contributed by atoms with van der Waals surface area (Å²) in [6.07, 6.45) is 4.73. The quantitative estimate of drug-likeness (QED) is 0.298. The van der Waals surface area contributed by atoms with Crippen LogP contribution in [-0.2, 0) is 14.3 Å². The van der Waals surface area contributed by atoms with E-state index in [1.165, 1.54) is 19.3 Å². The van der Waals surface area contributed by atoms with Crippen LogP contribution in [0.25, 0.3) is 0 Å². The lowest BCUT2D eigenvalue weighted by atomic mass is 9.53. The van der Waals surface area contributed by atoms with Crippen LogP contribution in [0, 0.1) is 33.3 Å². The van der Waals surface area contributed by atoms with E-state index >= 15 is 0 Å². The van der Waals surface area contributed by atoms with E-state index in [4.69, 9.17) is 9.47 Å². The van der Waals surface area contributed by atoms with Gasteiger partial charge in [-0.25, -0.2) is 0 Å². The highest BCUT2D eigenvalue weighted by Crippen LogP contribution is 2.70. The van der Waals surface area contributed by atoms with E-state index in [1.807, 2.05) is 12.1 Å². The number of rotatable bonds is 4. The summed E-state index contributed by atoms with van der Waals surface area (Å²) in [5, 5.41) is 10.9. The van der Waals surface area contributed by atoms with Gasteiger partial charge in [-0.2, -0.15) is 0 Å². The molecule has 1 spiro atoms. The maximum absolute atomic E-state index is 13.0. The summed E-state index contributed by atoms with van der Waals surface area (Å²) in [5.41, 5.74) is 1.20. The highest BCUT2D eigenvalue weighted by molar-refractivity contribution is 5.76. The van der Waals surface area contributed by atoms with Gasteiger partial charge < -0.3 is 14.4 Å². The van der Waals surface area contributed by atoms with Gasteiger partial charge in [-0.3, -0.25) is 19.8 Å². The summed E-state index contributed by atoms with van der Waals surface area (Å²) in [5.74, 6) is 0.579. The van der Waals surface area contributed by atoms with Crippen LogP contribution in [-0.4, -0.2) is 66.3 Å². The number of non-ortho nitro benzene ring substituents is 1. The molecule has 0 N–H and O–H groups in total. The molecule has 2 aliphatic carbocycles. The third-order valence-corrected chi connectivity index (χ3v) is 9.45. The normalized spacial score (nSPS) is 42.2. The Morgan fingerprint density at radius 3 is 2.61 bits per heavy atom. The second-order valence-electron chi connectivity index (χ2n) is 11.1. The molecule has 33 heavy (non-hydrogen) atoms. The zero-order chi connectivity index (χ0) is 23.0. The zero-order valence-corrected chi connectivity index (χ0v) is 19.4. The van der Waals surface area contributed by atoms with Crippen LogP contribution in [0.4, 0.5) is 11.4 Å². The van der Waals surface area contributed by atoms with E-state index in [2.05, 4.69) is 23.6 Å². The van der Waals surface area contributed by atoms with Crippen molar-refractivity contribution in [3.63, 3.8) is 0 Å². The lowest BCUT2D eigenvalue weighted by Gasteiger charge is -2.49. The molecule has 0 radical (unpaired) electrons. The molecule has 0 bridgehead atoms. The van der Waals surface area contributed by atoms with Crippen molar-refractivity contribution in [1.29, 1.82) is 0 Å². The fourth-order valence-corrected chi connectivity index (χ4v) is 7.69. The number of nitro benzene ring substituents is 1. The van der Waals surface area contributed by atoms with E-state index < -0.39 is 0 Å². The van der Waals surface area contributed by atoms with Crippen LogP contribution < -0.4 is 4.90 Å². The first-order valence-corrected chi connectivity index (χ1v) is 12.4. The van der Waals surface area contributed by atoms with Crippen molar-refractivity contribution in [3.8, 4) is 0 Å². The highest BCUT2D eigenvalue weighted by Gasteiger charge is 2.78. The number of esters is 1. The average molecular weight is 456 g/mol. The number of piperazine rings is 1. The molecule has 178 valence electrons. The molecule has 5 fully saturated rings. The summed E-state index contributed by atoms with van der Waals surface area (Å²) in [7, 11) is 0. The smallest absolute Gasteiger partial charge is 0.311 e. The minimum absolute atomic E-state index is 0.000163. The molecule has 3 heterocycles. The highest BCUT2D eigenvalue weighted by atomic mass is 16.6. The molecule has 3 saturated heterocycles. The first-order valence-electron chi connectivity index (χ1n) is 12.4. The Bertz CT molecular complexity index is 961. The van der Waals surface area contributed by atoms with Crippen molar-refractivity contribution in [2.45, 2.75) is 57.3 Å². The van der Waals surface area contributed by atoms with Crippen molar-refractivity contribution in [2.75, 3.05) is 37.6 Å². The topological polar surface area (TPSA) is 88.5 Å². The number of epoxide rings is 1. The molecule has 0 amide bonds. The summed E-state index contributed by atoms with van der Waals surface area (Å²) in [6, 6.07) is 6.76. The lowest BCUT2D eigenvalue weighted by Crippen LogP contribution is -2.55. The predicted octanol–water partition coefficient (Wildman–Crippen LogP) is 3.24. The van der Waals surface area contributed by atoms with Crippen molar-refractivity contribution < 1.29 is 19.2 Å². The van der Waals surface area contributed by atoms with Gasteiger partial charge in [0.15, 0.2) is 0 Å². The van der Waals surface area contributed by atoms with Crippen molar-refractivity contribution in [2.24, 2.45) is 23.2 Å². The van der Waals surface area contributed by atoms with E-state index in [0.717, 1.165) is 44.8 Å². The maximum atomic E-state index is 13.0. The van der Waals surface area contributed by atoms with Crippen molar-refractivity contribution in [3.05, 3.63) is 34.4 Å². The Morgan fingerprint density at radius 2 is 1.91 bits per heavy atom. The number of fused-ring (bicyclic) bond motifs is 2. The molecular formula is C25H33N3O5. The first-order chi connectivity index (χ1) is 15.8. The standard InChI is InChI=1S/C25H33N3O5/c1-16-4-3-9-24(2)14-20-21(22-25(16,24)33-22)19(23(29)32-20)15-26-10-12-27(13-11-26)17-5-7-18(8-6-17)28(30)31/h5-8,16,19-22H,3-4,9-15H2,1-2H3/t16-,19-,20+,21+,22-,24-,25-/m1/s1.